The van der Waals surface area contributed by atoms with Gasteiger partial charge in [-0.15, -0.1) is 5.53 Å². The van der Waals surface area contributed by atoms with Crippen LogP contribution in [-0.2, 0) is 23.7 Å². The van der Waals surface area contributed by atoms with Gasteiger partial charge in [0.15, 0.2) is 5.70 Å². The molecule has 5 aliphatic rings. The smallest absolute Gasteiger partial charge is 0.410 e. The molecule has 3 N–H and O–H groups in total. The maximum absolute atomic E-state index is 12.9. The fourth-order valence-electron chi connectivity index (χ4n) is 5.95. The van der Waals surface area contributed by atoms with Crippen molar-refractivity contribution in [3.63, 3.8) is 0 Å². The lowest BCUT2D eigenvalue weighted by Gasteiger charge is -2.45. The molecule has 0 radical (unpaired) electrons. The van der Waals surface area contributed by atoms with Crippen LogP contribution < -0.4 is 11.0 Å². The van der Waals surface area contributed by atoms with Crippen molar-refractivity contribution in [3.8, 4) is 0 Å². The number of nitrogens with zero attached hydrogens (tertiary/aromatic N) is 2. The molecule has 0 aromatic rings. The molecule has 1 aliphatic carbocycles. The summed E-state index contributed by atoms with van der Waals surface area (Å²) in [5.74, 6) is -0.809. The molecule has 4 heterocycles. The van der Waals surface area contributed by atoms with Crippen LogP contribution >= 0.6 is 0 Å². The Morgan fingerprint density at radius 1 is 1.34 bits per heavy atom. The first-order valence-corrected chi connectivity index (χ1v) is 12.3. The van der Waals surface area contributed by atoms with Crippen molar-refractivity contribution in [1.82, 2.24) is 20.9 Å². The number of hydrogen-bond donors (Lipinski definition) is 3. The maximum Gasteiger partial charge on any atom is 0.410 e. The Hall–Kier alpha value is -2.34. The van der Waals surface area contributed by atoms with Gasteiger partial charge in [0.05, 0.1) is 18.6 Å². The zero-order valence-electron chi connectivity index (χ0n) is 20.8. The van der Waals surface area contributed by atoms with Gasteiger partial charge in [-0.3, -0.25) is 10.4 Å². The van der Waals surface area contributed by atoms with E-state index >= 15 is 0 Å². The largest absolute Gasteiger partial charge is 0.476 e. The third-order valence-corrected chi connectivity index (χ3v) is 8.01. The highest BCUT2D eigenvalue weighted by Crippen LogP contribution is 2.59. The first-order valence-electron chi connectivity index (χ1n) is 12.3. The molecule has 1 unspecified atom stereocenters. The highest BCUT2D eigenvalue weighted by Gasteiger charge is 2.72. The van der Waals surface area contributed by atoms with Crippen LogP contribution in [-0.4, -0.2) is 89.9 Å². The van der Waals surface area contributed by atoms with Gasteiger partial charge in [-0.2, -0.15) is 0 Å². The van der Waals surface area contributed by atoms with Gasteiger partial charge in [0.2, 0.25) is 0 Å². The van der Waals surface area contributed by atoms with Gasteiger partial charge in [0, 0.05) is 38.9 Å². The monoisotopic (exact) mass is 492 g/mol. The number of carbonyl (C=O) groups is 2. The number of methoxy groups -OCH3 is 1. The third kappa shape index (κ3) is 4.62. The van der Waals surface area contributed by atoms with Gasteiger partial charge in [-0.05, 0) is 40.0 Å². The molecule has 11 nitrogen and oxygen atoms in total. The summed E-state index contributed by atoms with van der Waals surface area (Å²) in [6, 6.07) is 0. The van der Waals surface area contributed by atoms with E-state index in [2.05, 4.69) is 37.8 Å². The predicted molar refractivity (Wildman–Crippen MR) is 124 cm³/mol. The van der Waals surface area contributed by atoms with E-state index in [1.165, 1.54) is 11.8 Å². The van der Waals surface area contributed by atoms with Crippen molar-refractivity contribution in [2.45, 2.75) is 69.5 Å². The molecule has 5 rings (SSSR count). The minimum Gasteiger partial charge on any atom is -0.476 e. The number of aliphatic carboxylic acids is 1. The first kappa shape index (κ1) is 24.4. The van der Waals surface area contributed by atoms with E-state index in [1.807, 2.05) is 0 Å². The Balaban J connectivity index is 1.16. The van der Waals surface area contributed by atoms with Crippen LogP contribution in [0.4, 0.5) is 4.79 Å². The normalized spacial score (nSPS) is 37.9. The summed E-state index contributed by atoms with van der Waals surface area (Å²) in [7, 11) is 1.67. The average Bonchev–Trinajstić information content (AvgIpc) is 3.63. The molecule has 1 saturated carbocycles. The second kappa shape index (κ2) is 8.95. The van der Waals surface area contributed by atoms with Crippen LogP contribution in [0.3, 0.4) is 0 Å². The van der Waals surface area contributed by atoms with Crippen LogP contribution in [0.1, 0.15) is 40.0 Å². The SMILES string of the molecule is CO[C@@H]1[C@H](OC(=O)N2CC(CN3C=C(C(=O)O)NN3)C2)CC[C@]2(CO2)[C@H]1[C@@]1(C)OC1CC=C(C)C. The van der Waals surface area contributed by atoms with Gasteiger partial charge < -0.3 is 29.0 Å². The molecular formula is C24H36N4O7. The number of allylic oxidation sites excluding steroid dienone is 1. The summed E-state index contributed by atoms with van der Waals surface area (Å²) in [6.07, 6.45) is 5.19. The predicted octanol–water partition coefficient (Wildman–Crippen LogP) is 1.38. The van der Waals surface area contributed by atoms with Crippen molar-refractivity contribution < 1.29 is 33.6 Å². The fourth-order valence-corrected chi connectivity index (χ4v) is 5.95. The molecule has 35 heavy (non-hydrogen) atoms. The summed E-state index contributed by atoms with van der Waals surface area (Å²) in [6.45, 7) is 8.69. The van der Waals surface area contributed by atoms with Gasteiger partial charge in [-0.1, -0.05) is 11.6 Å². The molecule has 4 aliphatic heterocycles. The van der Waals surface area contributed by atoms with Gasteiger partial charge in [0.25, 0.3) is 0 Å². The molecule has 1 amide bonds. The van der Waals surface area contributed by atoms with E-state index in [0.29, 0.717) is 32.7 Å². The van der Waals surface area contributed by atoms with Crippen LogP contribution in [0.5, 0.6) is 0 Å². The Morgan fingerprint density at radius 3 is 2.69 bits per heavy atom. The maximum atomic E-state index is 12.9. The number of amides is 1. The number of hydrogen-bond acceptors (Lipinski definition) is 9. The number of nitrogens with one attached hydrogen (secondary N) is 2. The second-order valence-corrected chi connectivity index (χ2v) is 10.8. The van der Waals surface area contributed by atoms with E-state index in [9.17, 15) is 9.59 Å². The van der Waals surface area contributed by atoms with E-state index < -0.39 is 5.97 Å². The molecule has 11 heteroatoms. The van der Waals surface area contributed by atoms with Gasteiger partial charge >= 0.3 is 12.1 Å². The van der Waals surface area contributed by atoms with Gasteiger partial charge in [-0.25, -0.2) is 9.59 Å². The van der Waals surface area contributed by atoms with Crippen molar-refractivity contribution in [2.24, 2.45) is 11.8 Å². The minimum absolute atomic E-state index is 0.00443. The highest BCUT2D eigenvalue weighted by molar-refractivity contribution is 5.85. The zero-order chi connectivity index (χ0) is 25.0. The van der Waals surface area contributed by atoms with Crippen LogP contribution in [0.15, 0.2) is 23.5 Å². The molecule has 3 saturated heterocycles. The molecule has 0 bridgehead atoms. The standard InChI is InChI=1S/C24H36N4O7/c1-14(2)5-6-18-23(3,35-18)20-19(32-4)17(7-8-24(20)13-33-24)34-22(31)27-9-15(10-27)11-28-12-16(21(29)30)25-26-28/h5,12,15,17-20,25-26H,6-11,13H2,1-4H3,(H,29,30)/t17-,18?,19-,20-,23+,24+/m1/s1. The number of rotatable bonds is 8. The third-order valence-electron chi connectivity index (χ3n) is 8.01. The minimum atomic E-state index is -1.02. The molecule has 194 valence electrons. The Morgan fingerprint density at radius 2 is 2.09 bits per heavy atom. The summed E-state index contributed by atoms with van der Waals surface area (Å²) < 4.78 is 24.1. The topological polar surface area (TPSA) is 128 Å². The van der Waals surface area contributed by atoms with Crippen molar-refractivity contribution in [3.05, 3.63) is 23.5 Å². The van der Waals surface area contributed by atoms with Gasteiger partial charge in [0.1, 0.15) is 23.4 Å². The average molecular weight is 493 g/mol. The van der Waals surface area contributed by atoms with E-state index in [-0.39, 0.29) is 53.1 Å². The fraction of sp³-hybridized carbons (Fsp3) is 0.750. The summed E-state index contributed by atoms with van der Waals surface area (Å²) in [5.41, 5.74) is 6.14. The summed E-state index contributed by atoms with van der Waals surface area (Å²) >= 11 is 0. The van der Waals surface area contributed by atoms with Crippen LogP contribution in [0.2, 0.25) is 0 Å². The summed E-state index contributed by atoms with van der Waals surface area (Å²) in [4.78, 5) is 25.6. The Labute approximate surface area is 205 Å². The van der Waals surface area contributed by atoms with E-state index in [0.717, 1.165) is 12.8 Å². The van der Waals surface area contributed by atoms with Crippen LogP contribution in [0.25, 0.3) is 0 Å². The van der Waals surface area contributed by atoms with Crippen molar-refractivity contribution in [2.75, 3.05) is 33.4 Å². The number of ether oxygens (including phenoxy) is 4. The lowest BCUT2D eigenvalue weighted by molar-refractivity contribution is -0.133. The van der Waals surface area contributed by atoms with E-state index in [1.54, 1.807) is 17.0 Å². The molecular weight excluding hydrogens is 456 g/mol. The number of likely N-dealkylation sites (tertiary alicyclic amines) is 1. The lowest BCUT2D eigenvalue weighted by atomic mass is 9.68. The molecule has 0 aromatic carbocycles. The van der Waals surface area contributed by atoms with Crippen molar-refractivity contribution >= 4 is 12.1 Å². The number of epoxide rings is 2. The van der Waals surface area contributed by atoms with Crippen molar-refractivity contribution in [1.29, 1.82) is 0 Å². The molecule has 6 atom stereocenters. The Bertz CT molecular complexity index is 925. The molecule has 1 spiro atoms. The first-order chi connectivity index (χ1) is 16.6. The quantitative estimate of drug-likeness (QED) is 0.338. The highest BCUT2D eigenvalue weighted by atomic mass is 16.6. The molecule has 0 aromatic heterocycles. The zero-order valence-corrected chi connectivity index (χ0v) is 20.8. The van der Waals surface area contributed by atoms with E-state index in [4.69, 9.17) is 24.1 Å². The lowest BCUT2D eigenvalue weighted by Crippen LogP contribution is -2.58. The van der Waals surface area contributed by atoms with Crippen LogP contribution in [0, 0.1) is 11.8 Å². The molecule has 4 fully saturated rings. The number of carbonyl (C=O) groups excluding carboxylic acids is 1. The number of hydrazine groups is 2. The Kier molecular flexibility index (Phi) is 6.23. The summed E-state index contributed by atoms with van der Waals surface area (Å²) in [5, 5.41) is 10.7. The number of carboxylic acid groups (broad SMARTS) is 1. The number of carboxylic acids is 1. The second-order valence-electron chi connectivity index (χ2n) is 10.8.